The number of carbonyl (C=O) groups is 1. The standard InChI is InChI=1S/C18H26N4O2/c1-5-22(6-2)12-11-19-17(23)13(3)16-14-9-7-8-10-15(14)18(24)21(4)20-16/h7-10,13H,5-6,11-12H2,1-4H3,(H,19,23)/t13-/m1/s1. The molecule has 0 saturated carbocycles. The molecule has 0 saturated heterocycles. The van der Waals surface area contributed by atoms with Crippen LogP contribution in [-0.4, -0.2) is 46.8 Å². The monoisotopic (exact) mass is 330 g/mol. The van der Waals surface area contributed by atoms with E-state index in [1.54, 1.807) is 13.1 Å². The molecule has 0 spiro atoms. The minimum atomic E-state index is -0.418. The number of likely N-dealkylation sites (N-methyl/N-ethyl adjacent to an activating group) is 1. The number of amides is 1. The predicted molar refractivity (Wildman–Crippen MR) is 96.2 cm³/mol. The van der Waals surface area contributed by atoms with Gasteiger partial charge in [0, 0.05) is 25.5 Å². The van der Waals surface area contributed by atoms with Crippen LogP contribution in [0.2, 0.25) is 0 Å². The summed E-state index contributed by atoms with van der Waals surface area (Å²) in [6.07, 6.45) is 0. The number of fused-ring (bicyclic) bond motifs is 1. The molecule has 1 N–H and O–H groups in total. The van der Waals surface area contributed by atoms with E-state index in [4.69, 9.17) is 0 Å². The highest BCUT2D eigenvalue weighted by Gasteiger charge is 2.21. The normalized spacial score (nSPS) is 12.5. The Kier molecular flexibility index (Phi) is 6.09. The molecule has 0 aliphatic heterocycles. The predicted octanol–water partition coefficient (Wildman–Crippen LogP) is 1.50. The summed E-state index contributed by atoms with van der Waals surface area (Å²) in [5.41, 5.74) is 0.483. The Bertz CT molecular complexity index is 765. The maximum absolute atomic E-state index is 12.5. The molecule has 1 aromatic heterocycles. The van der Waals surface area contributed by atoms with E-state index in [1.807, 2.05) is 25.1 Å². The van der Waals surface area contributed by atoms with E-state index in [0.29, 0.717) is 17.6 Å². The number of nitrogens with one attached hydrogen (secondary N) is 1. The van der Waals surface area contributed by atoms with Crippen molar-refractivity contribution in [2.45, 2.75) is 26.7 Å². The van der Waals surface area contributed by atoms with Crippen molar-refractivity contribution in [1.82, 2.24) is 20.0 Å². The second-order valence-corrected chi connectivity index (χ2v) is 5.90. The van der Waals surface area contributed by atoms with Crippen molar-refractivity contribution in [1.29, 1.82) is 0 Å². The quantitative estimate of drug-likeness (QED) is 0.835. The highest BCUT2D eigenvalue weighted by Crippen LogP contribution is 2.21. The number of benzene rings is 1. The molecule has 0 radical (unpaired) electrons. The molecule has 0 fully saturated rings. The average molecular weight is 330 g/mol. The van der Waals surface area contributed by atoms with Crippen LogP contribution in [0.3, 0.4) is 0 Å². The summed E-state index contributed by atoms with van der Waals surface area (Å²) < 4.78 is 1.30. The average Bonchev–Trinajstić information content (AvgIpc) is 2.61. The minimum Gasteiger partial charge on any atom is -0.354 e. The van der Waals surface area contributed by atoms with Gasteiger partial charge in [-0.05, 0) is 26.1 Å². The van der Waals surface area contributed by atoms with Gasteiger partial charge in [0.25, 0.3) is 5.56 Å². The summed E-state index contributed by atoms with van der Waals surface area (Å²) >= 11 is 0. The van der Waals surface area contributed by atoms with Crippen LogP contribution in [0, 0.1) is 0 Å². The van der Waals surface area contributed by atoms with Gasteiger partial charge in [0.15, 0.2) is 0 Å². The van der Waals surface area contributed by atoms with E-state index in [2.05, 4.69) is 29.2 Å². The van der Waals surface area contributed by atoms with Gasteiger partial charge in [-0.15, -0.1) is 0 Å². The summed E-state index contributed by atoms with van der Waals surface area (Å²) in [6, 6.07) is 7.30. The summed E-state index contributed by atoms with van der Waals surface area (Å²) in [5, 5.41) is 8.63. The number of hydrogen-bond donors (Lipinski definition) is 1. The summed E-state index contributed by atoms with van der Waals surface area (Å²) in [5.74, 6) is -0.489. The molecule has 2 rings (SSSR count). The van der Waals surface area contributed by atoms with Gasteiger partial charge >= 0.3 is 0 Å². The Morgan fingerprint density at radius 1 is 1.25 bits per heavy atom. The van der Waals surface area contributed by atoms with Gasteiger partial charge in [0.2, 0.25) is 5.91 Å². The van der Waals surface area contributed by atoms with Crippen molar-refractivity contribution in [3.8, 4) is 0 Å². The Morgan fingerprint density at radius 3 is 2.50 bits per heavy atom. The van der Waals surface area contributed by atoms with Gasteiger partial charge in [-0.2, -0.15) is 5.10 Å². The first-order valence-corrected chi connectivity index (χ1v) is 8.45. The zero-order chi connectivity index (χ0) is 17.7. The molecule has 2 aromatic rings. The highest BCUT2D eigenvalue weighted by molar-refractivity contribution is 5.91. The molecule has 24 heavy (non-hydrogen) atoms. The Hall–Kier alpha value is -2.21. The summed E-state index contributed by atoms with van der Waals surface area (Å²) in [6.45, 7) is 9.40. The van der Waals surface area contributed by atoms with Gasteiger partial charge < -0.3 is 10.2 Å². The van der Waals surface area contributed by atoms with Gasteiger partial charge in [0.1, 0.15) is 0 Å². The van der Waals surface area contributed by atoms with Gasteiger partial charge in [0.05, 0.1) is 17.0 Å². The minimum absolute atomic E-state index is 0.0709. The van der Waals surface area contributed by atoms with E-state index in [0.717, 1.165) is 25.0 Å². The number of aromatic nitrogens is 2. The van der Waals surface area contributed by atoms with Crippen molar-refractivity contribution in [2.24, 2.45) is 7.05 Å². The fraction of sp³-hybridized carbons (Fsp3) is 0.500. The number of hydrogen-bond acceptors (Lipinski definition) is 4. The van der Waals surface area contributed by atoms with Crippen LogP contribution in [-0.2, 0) is 11.8 Å². The van der Waals surface area contributed by atoms with Gasteiger partial charge in [-0.25, -0.2) is 4.68 Å². The molecule has 130 valence electrons. The van der Waals surface area contributed by atoms with Crippen LogP contribution in [0.15, 0.2) is 29.1 Å². The third kappa shape index (κ3) is 3.82. The van der Waals surface area contributed by atoms with Crippen molar-refractivity contribution in [3.05, 3.63) is 40.3 Å². The van der Waals surface area contributed by atoms with E-state index < -0.39 is 5.92 Å². The summed E-state index contributed by atoms with van der Waals surface area (Å²) in [7, 11) is 1.61. The second-order valence-electron chi connectivity index (χ2n) is 5.90. The molecule has 1 aromatic carbocycles. The summed E-state index contributed by atoms with van der Waals surface area (Å²) in [4.78, 5) is 26.9. The van der Waals surface area contributed by atoms with Crippen molar-refractivity contribution in [3.63, 3.8) is 0 Å². The lowest BCUT2D eigenvalue weighted by Gasteiger charge is -2.19. The van der Waals surface area contributed by atoms with E-state index in [-0.39, 0.29) is 11.5 Å². The fourth-order valence-electron chi connectivity index (χ4n) is 2.80. The molecule has 6 nitrogen and oxygen atoms in total. The maximum atomic E-state index is 12.5. The highest BCUT2D eigenvalue weighted by atomic mass is 16.2. The molecule has 0 unspecified atom stereocenters. The lowest BCUT2D eigenvalue weighted by Crippen LogP contribution is -2.37. The number of carbonyl (C=O) groups excluding carboxylic acids is 1. The first-order valence-electron chi connectivity index (χ1n) is 8.45. The largest absolute Gasteiger partial charge is 0.354 e. The van der Waals surface area contributed by atoms with Crippen molar-refractivity contribution >= 4 is 16.7 Å². The lowest BCUT2D eigenvalue weighted by atomic mass is 10.0. The molecule has 1 heterocycles. The Morgan fingerprint density at radius 2 is 1.88 bits per heavy atom. The van der Waals surface area contributed by atoms with Gasteiger partial charge in [-0.3, -0.25) is 9.59 Å². The van der Waals surface area contributed by atoms with Crippen LogP contribution in [0.5, 0.6) is 0 Å². The SMILES string of the molecule is CCN(CC)CCNC(=O)[C@H](C)c1nn(C)c(=O)c2ccccc12. The van der Waals surface area contributed by atoms with Crippen LogP contribution in [0.1, 0.15) is 32.4 Å². The smallest absolute Gasteiger partial charge is 0.274 e. The van der Waals surface area contributed by atoms with Crippen LogP contribution < -0.4 is 10.9 Å². The van der Waals surface area contributed by atoms with E-state index in [1.165, 1.54) is 4.68 Å². The molecule has 0 aliphatic carbocycles. The number of rotatable bonds is 7. The van der Waals surface area contributed by atoms with Crippen LogP contribution in [0.25, 0.3) is 10.8 Å². The molecule has 1 amide bonds. The zero-order valence-electron chi connectivity index (χ0n) is 14.9. The van der Waals surface area contributed by atoms with E-state index >= 15 is 0 Å². The first kappa shape index (κ1) is 18.1. The Balaban J connectivity index is 2.19. The third-order valence-corrected chi connectivity index (χ3v) is 4.41. The first-order chi connectivity index (χ1) is 11.5. The van der Waals surface area contributed by atoms with Crippen LogP contribution >= 0.6 is 0 Å². The Labute approximate surface area is 142 Å². The lowest BCUT2D eigenvalue weighted by molar-refractivity contribution is -0.122. The molecule has 0 aliphatic rings. The fourth-order valence-corrected chi connectivity index (χ4v) is 2.80. The molecule has 6 heteroatoms. The van der Waals surface area contributed by atoms with Crippen molar-refractivity contribution < 1.29 is 4.79 Å². The molecule has 0 bridgehead atoms. The number of nitrogens with zero attached hydrogens (tertiary/aromatic N) is 3. The third-order valence-electron chi connectivity index (χ3n) is 4.41. The molecule has 1 atom stereocenters. The zero-order valence-corrected chi connectivity index (χ0v) is 14.9. The second kappa shape index (κ2) is 8.06. The van der Waals surface area contributed by atoms with Crippen molar-refractivity contribution in [2.75, 3.05) is 26.2 Å². The van der Waals surface area contributed by atoms with Crippen LogP contribution in [0.4, 0.5) is 0 Å². The maximum Gasteiger partial charge on any atom is 0.274 e. The van der Waals surface area contributed by atoms with Gasteiger partial charge in [-0.1, -0.05) is 32.0 Å². The molecular weight excluding hydrogens is 304 g/mol. The van der Waals surface area contributed by atoms with E-state index in [9.17, 15) is 9.59 Å². The molecular formula is C18H26N4O2. The number of aryl methyl sites for hydroxylation is 1. The topological polar surface area (TPSA) is 67.2 Å².